The lowest BCUT2D eigenvalue weighted by Crippen LogP contribution is -2.28. The number of likely N-dealkylation sites (tertiary alicyclic amines) is 1. The fourth-order valence-electron chi connectivity index (χ4n) is 3.19. The summed E-state index contributed by atoms with van der Waals surface area (Å²) in [4.78, 5) is 4.99. The van der Waals surface area contributed by atoms with Gasteiger partial charge in [0, 0.05) is 19.1 Å². The highest BCUT2D eigenvalue weighted by Gasteiger charge is 2.28. The molecule has 1 aromatic carbocycles. The summed E-state index contributed by atoms with van der Waals surface area (Å²) in [6.45, 7) is 6.04. The Balaban J connectivity index is 1.98. The van der Waals surface area contributed by atoms with Crippen LogP contribution in [0.3, 0.4) is 0 Å². The van der Waals surface area contributed by atoms with Gasteiger partial charge in [0.15, 0.2) is 0 Å². The molecule has 100 valence electrons. The van der Waals surface area contributed by atoms with Crippen molar-refractivity contribution in [2.45, 2.75) is 25.8 Å². The van der Waals surface area contributed by atoms with Crippen molar-refractivity contribution in [1.29, 1.82) is 0 Å². The molecule has 0 bridgehead atoms. The van der Waals surface area contributed by atoms with Crippen molar-refractivity contribution in [2.24, 2.45) is 5.92 Å². The average Bonchev–Trinajstić information content (AvgIpc) is 2.79. The first-order valence-electron chi connectivity index (χ1n) is 7.14. The maximum absolute atomic E-state index is 2.67. The van der Waals surface area contributed by atoms with Gasteiger partial charge >= 0.3 is 0 Å². The van der Waals surface area contributed by atoms with Crippen molar-refractivity contribution in [3.05, 3.63) is 35.9 Å². The molecule has 0 aromatic heterocycles. The SMILES string of the molecule is CC[C@H](c1ccccc1)N1CC[C@H](CN(C)C)C1. The van der Waals surface area contributed by atoms with Gasteiger partial charge in [-0.15, -0.1) is 0 Å². The molecule has 1 fully saturated rings. The highest BCUT2D eigenvalue weighted by atomic mass is 15.2. The maximum atomic E-state index is 2.67. The van der Waals surface area contributed by atoms with E-state index < -0.39 is 0 Å². The summed E-state index contributed by atoms with van der Waals surface area (Å²) in [6.07, 6.45) is 2.56. The van der Waals surface area contributed by atoms with Gasteiger partial charge in [0.25, 0.3) is 0 Å². The third-order valence-electron chi connectivity index (χ3n) is 3.95. The summed E-state index contributed by atoms with van der Waals surface area (Å²) >= 11 is 0. The smallest absolute Gasteiger partial charge is 0.0345 e. The standard InChI is InChI=1S/C16H26N2/c1-4-16(15-8-6-5-7-9-15)18-11-10-14(13-18)12-17(2)3/h5-9,14,16H,4,10-13H2,1-3H3/t14-,16-/m1/s1. The Hall–Kier alpha value is -0.860. The molecule has 1 aliphatic heterocycles. The van der Waals surface area contributed by atoms with Gasteiger partial charge in [-0.05, 0) is 45.0 Å². The van der Waals surface area contributed by atoms with E-state index in [-0.39, 0.29) is 0 Å². The molecule has 1 aliphatic rings. The zero-order valence-electron chi connectivity index (χ0n) is 12.0. The van der Waals surface area contributed by atoms with Crippen LogP contribution < -0.4 is 0 Å². The van der Waals surface area contributed by atoms with Crippen LogP contribution in [-0.4, -0.2) is 43.5 Å². The van der Waals surface area contributed by atoms with Crippen molar-refractivity contribution in [2.75, 3.05) is 33.7 Å². The second-order valence-corrected chi connectivity index (χ2v) is 5.75. The molecular formula is C16H26N2. The van der Waals surface area contributed by atoms with Crippen molar-refractivity contribution in [3.8, 4) is 0 Å². The fourth-order valence-corrected chi connectivity index (χ4v) is 3.19. The summed E-state index contributed by atoms with van der Waals surface area (Å²) in [5.41, 5.74) is 1.48. The van der Waals surface area contributed by atoms with E-state index in [9.17, 15) is 0 Å². The van der Waals surface area contributed by atoms with Gasteiger partial charge in [0.1, 0.15) is 0 Å². The molecule has 0 aliphatic carbocycles. The molecule has 2 heteroatoms. The second-order valence-electron chi connectivity index (χ2n) is 5.75. The highest BCUT2D eigenvalue weighted by Crippen LogP contribution is 2.30. The van der Waals surface area contributed by atoms with Crippen LogP contribution in [-0.2, 0) is 0 Å². The molecule has 2 nitrogen and oxygen atoms in total. The van der Waals surface area contributed by atoms with Gasteiger partial charge in [-0.25, -0.2) is 0 Å². The molecule has 0 amide bonds. The van der Waals surface area contributed by atoms with Crippen LogP contribution in [0, 0.1) is 5.92 Å². The first kappa shape index (κ1) is 13.6. The Labute approximate surface area is 112 Å². The quantitative estimate of drug-likeness (QED) is 0.788. The molecule has 0 unspecified atom stereocenters. The predicted octanol–water partition coefficient (Wildman–Crippen LogP) is 3.02. The second kappa shape index (κ2) is 6.35. The minimum absolute atomic E-state index is 0.610. The highest BCUT2D eigenvalue weighted by molar-refractivity contribution is 5.19. The number of benzene rings is 1. The van der Waals surface area contributed by atoms with Crippen LogP contribution in [0.5, 0.6) is 0 Å². The van der Waals surface area contributed by atoms with Gasteiger partial charge in [0.2, 0.25) is 0 Å². The summed E-state index contributed by atoms with van der Waals surface area (Å²) in [5, 5.41) is 0. The normalized spacial score (nSPS) is 22.6. The fraction of sp³-hybridized carbons (Fsp3) is 0.625. The van der Waals surface area contributed by atoms with E-state index in [1.807, 2.05) is 0 Å². The Kier molecular flexibility index (Phi) is 4.79. The molecular weight excluding hydrogens is 220 g/mol. The Morgan fingerprint density at radius 2 is 2.00 bits per heavy atom. The van der Waals surface area contributed by atoms with Gasteiger partial charge in [-0.3, -0.25) is 4.90 Å². The minimum Gasteiger partial charge on any atom is -0.309 e. The molecule has 0 radical (unpaired) electrons. The Morgan fingerprint density at radius 1 is 1.28 bits per heavy atom. The zero-order chi connectivity index (χ0) is 13.0. The van der Waals surface area contributed by atoms with Crippen molar-refractivity contribution in [1.82, 2.24) is 9.80 Å². The van der Waals surface area contributed by atoms with Crippen molar-refractivity contribution < 1.29 is 0 Å². The first-order chi connectivity index (χ1) is 8.70. The van der Waals surface area contributed by atoms with Crippen molar-refractivity contribution in [3.63, 3.8) is 0 Å². The Bertz CT molecular complexity index is 347. The predicted molar refractivity (Wildman–Crippen MR) is 77.7 cm³/mol. The van der Waals surface area contributed by atoms with Gasteiger partial charge < -0.3 is 4.90 Å². The number of rotatable bonds is 5. The zero-order valence-corrected chi connectivity index (χ0v) is 12.0. The number of nitrogens with zero attached hydrogens (tertiary/aromatic N) is 2. The molecule has 2 atom stereocenters. The maximum Gasteiger partial charge on any atom is 0.0345 e. The van der Waals surface area contributed by atoms with E-state index in [2.05, 4.69) is 61.2 Å². The Morgan fingerprint density at radius 3 is 2.61 bits per heavy atom. The lowest BCUT2D eigenvalue weighted by atomic mass is 10.0. The molecule has 1 aromatic rings. The average molecular weight is 246 g/mol. The van der Waals surface area contributed by atoms with Crippen molar-refractivity contribution >= 4 is 0 Å². The molecule has 1 saturated heterocycles. The summed E-state index contributed by atoms with van der Waals surface area (Å²) < 4.78 is 0. The molecule has 18 heavy (non-hydrogen) atoms. The van der Waals surface area contributed by atoms with Gasteiger partial charge in [0.05, 0.1) is 0 Å². The van der Waals surface area contributed by atoms with Crippen LogP contribution in [0.15, 0.2) is 30.3 Å². The summed E-state index contributed by atoms with van der Waals surface area (Å²) in [5.74, 6) is 0.845. The molecule has 0 saturated carbocycles. The van der Waals surface area contributed by atoms with E-state index in [0.717, 1.165) is 5.92 Å². The summed E-state index contributed by atoms with van der Waals surface area (Å²) in [6, 6.07) is 11.6. The third kappa shape index (κ3) is 3.33. The number of hydrogen-bond acceptors (Lipinski definition) is 2. The topological polar surface area (TPSA) is 6.48 Å². The van der Waals surface area contributed by atoms with E-state index >= 15 is 0 Å². The van der Waals surface area contributed by atoms with E-state index in [1.54, 1.807) is 0 Å². The van der Waals surface area contributed by atoms with Gasteiger partial charge in [-0.1, -0.05) is 37.3 Å². The van der Waals surface area contributed by atoms with Crippen LogP contribution in [0.1, 0.15) is 31.4 Å². The number of hydrogen-bond donors (Lipinski definition) is 0. The molecule has 0 N–H and O–H groups in total. The summed E-state index contributed by atoms with van der Waals surface area (Å²) in [7, 11) is 4.36. The van der Waals surface area contributed by atoms with Crippen LogP contribution >= 0.6 is 0 Å². The monoisotopic (exact) mass is 246 g/mol. The minimum atomic E-state index is 0.610. The van der Waals surface area contributed by atoms with E-state index in [4.69, 9.17) is 0 Å². The lowest BCUT2D eigenvalue weighted by Gasteiger charge is -2.27. The van der Waals surface area contributed by atoms with Crippen LogP contribution in [0.2, 0.25) is 0 Å². The largest absolute Gasteiger partial charge is 0.309 e. The molecule has 1 heterocycles. The van der Waals surface area contributed by atoms with E-state index in [1.165, 1.54) is 38.0 Å². The van der Waals surface area contributed by atoms with Gasteiger partial charge in [-0.2, -0.15) is 0 Å². The molecule has 0 spiro atoms. The van der Waals surface area contributed by atoms with Crippen LogP contribution in [0.25, 0.3) is 0 Å². The van der Waals surface area contributed by atoms with E-state index in [0.29, 0.717) is 6.04 Å². The lowest BCUT2D eigenvalue weighted by molar-refractivity contribution is 0.221. The van der Waals surface area contributed by atoms with Crippen LogP contribution in [0.4, 0.5) is 0 Å². The molecule has 2 rings (SSSR count). The first-order valence-corrected chi connectivity index (χ1v) is 7.14. The third-order valence-corrected chi connectivity index (χ3v) is 3.95.